The lowest BCUT2D eigenvalue weighted by atomic mass is 10.1. The molecular weight excluding hydrogens is 226 g/mol. The second-order valence-corrected chi connectivity index (χ2v) is 3.70. The van der Waals surface area contributed by atoms with E-state index in [1.54, 1.807) is 0 Å². The van der Waals surface area contributed by atoms with Crippen LogP contribution in [-0.4, -0.2) is 34.6 Å². The fourth-order valence-electron chi connectivity index (χ4n) is 1.82. The van der Waals surface area contributed by atoms with Gasteiger partial charge in [0, 0.05) is 5.69 Å². The van der Waals surface area contributed by atoms with Crippen LogP contribution in [0.4, 0.5) is 5.69 Å². The lowest BCUT2D eigenvalue weighted by Gasteiger charge is -2.14. The molecule has 0 saturated carbocycles. The van der Waals surface area contributed by atoms with Crippen molar-refractivity contribution in [2.45, 2.75) is 6.42 Å². The van der Waals surface area contributed by atoms with E-state index in [2.05, 4.69) is 0 Å². The van der Waals surface area contributed by atoms with E-state index < -0.39 is 18.5 Å². The predicted molar refractivity (Wildman–Crippen MR) is 57.1 cm³/mol. The van der Waals surface area contributed by atoms with Crippen molar-refractivity contribution in [1.82, 2.24) is 0 Å². The number of rotatable bonds is 3. The van der Waals surface area contributed by atoms with Crippen LogP contribution in [0.25, 0.3) is 0 Å². The van der Waals surface area contributed by atoms with Crippen LogP contribution >= 0.6 is 0 Å². The Morgan fingerprint density at radius 1 is 1.29 bits per heavy atom. The van der Waals surface area contributed by atoms with Crippen molar-refractivity contribution in [2.24, 2.45) is 0 Å². The molecule has 88 valence electrons. The molecule has 0 saturated heterocycles. The van der Waals surface area contributed by atoms with Crippen LogP contribution in [0.3, 0.4) is 0 Å². The zero-order valence-electron chi connectivity index (χ0n) is 8.71. The van der Waals surface area contributed by atoms with Crippen molar-refractivity contribution >= 4 is 23.5 Å². The van der Waals surface area contributed by atoms with E-state index in [1.807, 2.05) is 0 Å². The Bertz CT molecular complexity index is 523. The summed E-state index contributed by atoms with van der Waals surface area (Å²) in [5, 5.41) is 17.5. The number of aromatic carboxylic acids is 1. The first-order chi connectivity index (χ1) is 7.99. The average Bonchev–Trinajstić information content (AvgIpc) is 2.54. The van der Waals surface area contributed by atoms with Gasteiger partial charge in [-0.2, -0.15) is 0 Å². The van der Waals surface area contributed by atoms with E-state index >= 15 is 0 Å². The number of carbonyl (C=O) groups excluding carboxylic acids is 1. The van der Waals surface area contributed by atoms with Crippen LogP contribution in [0.1, 0.15) is 15.9 Å². The molecule has 1 aliphatic heterocycles. The zero-order chi connectivity index (χ0) is 12.6. The Balaban J connectivity index is 2.38. The molecule has 1 aromatic rings. The van der Waals surface area contributed by atoms with E-state index in [9.17, 15) is 14.4 Å². The van der Waals surface area contributed by atoms with Gasteiger partial charge in [-0.25, -0.2) is 4.79 Å². The van der Waals surface area contributed by atoms with E-state index in [-0.39, 0.29) is 17.9 Å². The third-order valence-electron chi connectivity index (χ3n) is 2.55. The Kier molecular flexibility index (Phi) is 2.55. The first-order valence-corrected chi connectivity index (χ1v) is 4.87. The average molecular weight is 235 g/mol. The summed E-state index contributed by atoms with van der Waals surface area (Å²) in [6.07, 6.45) is 0.0454. The molecule has 1 amide bonds. The molecule has 0 aromatic heterocycles. The molecule has 0 spiro atoms. The minimum atomic E-state index is -1.10. The standard InChI is InChI=1S/C11H9NO5/c13-9-4-7-3-6(11(16)17)1-2-8(7)12(9)5-10(14)15/h1-3H,4-5H2,(H,14,15)(H,16,17). The van der Waals surface area contributed by atoms with Crippen LogP contribution in [0.5, 0.6) is 0 Å². The molecule has 0 unspecified atom stereocenters. The van der Waals surface area contributed by atoms with Crippen molar-refractivity contribution in [1.29, 1.82) is 0 Å². The van der Waals surface area contributed by atoms with E-state index in [1.165, 1.54) is 18.2 Å². The zero-order valence-corrected chi connectivity index (χ0v) is 8.71. The smallest absolute Gasteiger partial charge is 0.335 e. The second-order valence-electron chi connectivity index (χ2n) is 3.70. The number of aliphatic carboxylic acids is 1. The fraction of sp³-hybridized carbons (Fsp3) is 0.182. The van der Waals surface area contributed by atoms with Gasteiger partial charge < -0.3 is 15.1 Å². The molecule has 6 heteroatoms. The number of nitrogens with zero attached hydrogens (tertiary/aromatic N) is 1. The number of anilines is 1. The van der Waals surface area contributed by atoms with E-state index in [4.69, 9.17) is 10.2 Å². The summed E-state index contributed by atoms with van der Waals surface area (Å²) in [6, 6.07) is 4.22. The number of hydrogen-bond acceptors (Lipinski definition) is 3. The first-order valence-electron chi connectivity index (χ1n) is 4.87. The van der Waals surface area contributed by atoms with Gasteiger partial charge in [0.1, 0.15) is 6.54 Å². The van der Waals surface area contributed by atoms with Gasteiger partial charge in [0.05, 0.1) is 12.0 Å². The normalized spacial score (nSPS) is 13.6. The van der Waals surface area contributed by atoms with Gasteiger partial charge in [0.25, 0.3) is 0 Å². The lowest BCUT2D eigenvalue weighted by Crippen LogP contribution is -2.32. The first kappa shape index (κ1) is 11.1. The van der Waals surface area contributed by atoms with Crippen molar-refractivity contribution in [2.75, 3.05) is 11.4 Å². The molecular formula is C11H9NO5. The maximum Gasteiger partial charge on any atom is 0.335 e. The minimum Gasteiger partial charge on any atom is -0.480 e. The fourth-order valence-corrected chi connectivity index (χ4v) is 1.82. The van der Waals surface area contributed by atoms with Gasteiger partial charge in [0.15, 0.2) is 0 Å². The molecule has 0 radical (unpaired) electrons. The molecule has 1 aliphatic rings. The summed E-state index contributed by atoms with van der Waals surface area (Å²) in [7, 11) is 0. The van der Waals surface area contributed by atoms with Gasteiger partial charge in [0.2, 0.25) is 5.91 Å². The van der Waals surface area contributed by atoms with E-state index in [0.717, 1.165) is 4.90 Å². The van der Waals surface area contributed by atoms with Crippen LogP contribution < -0.4 is 4.90 Å². The van der Waals surface area contributed by atoms with Gasteiger partial charge >= 0.3 is 11.9 Å². The molecule has 6 nitrogen and oxygen atoms in total. The van der Waals surface area contributed by atoms with Crippen LogP contribution in [0.15, 0.2) is 18.2 Å². The molecule has 0 atom stereocenters. The van der Waals surface area contributed by atoms with E-state index in [0.29, 0.717) is 11.3 Å². The maximum absolute atomic E-state index is 11.6. The second kappa shape index (κ2) is 3.89. The summed E-state index contributed by atoms with van der Waals surface area (Å²) < 4.78 is 0. The van der Waals surface area contributed by atoms with Crippen LogP contribution in [-0.2, 0) is 16.0 Å². The summed E-state index contributed by atoms with van der Waals surface area (Å²) in [5.41, 5.74) is 1.12. The van der Waals surface area contributed by atoms with Gasteiger partial charge in [-0.3, -0.25) is 9.59 Å². The van der Waals surface area contributed by atoms with Crippen molar-refractivity contribution < 1.29 is 24.6 Å². The molecule has 1 heterocycles. The largest absolute Gasteiger partial charge is 0.480 e. The SMILES string of the molecule is O=C(O)CN1C(=O)Cc2cc(C(=O)O)ccc21. The molecule has 0 bridgehead atoms. The van der Waals surface area contributed by atoms with Gasteiger partial charge in [-0.1, -0.05) is 0 Å². The molecule has 2 rings (SSSR count). The molecule has 2 N–H and O–H groups in total. The molecule has 0 aliphatic carbocycles. The highest BCUT2D eigenvalue weighted by molar-refractivity contribution is 6.05. The Morgan fingerprint density at radius 3 is 2.59 bits per heavy atom. The summed E-state index contributed by atoms with van der Waals surface area (Å²) in [5.74, 6) is -2.50. The summed E-state index contributed by atoms with van der Waals surface area (Å²) in [4.78, 5) is 34.1. The number of benzene rings is 1. The Labute approximate surface area is 96.1 Å². The van der Waals surface area contributed by atoms with Crippen molar-refractivity contribution in [3.05, 3.63) is 29.3 Å². The highest BCUT2D eigenvalue weighted by atomic mass is 16.4. The number of hydrogen-bond donors (Lipinski definition) is 2. The van der Waals surface area contributed by atoms with Crippen molar-refractivity contribution in [3.63, 3.8) is 0 Å². The van der Waals surface area contributed by atoms with Crippen molar-refractivity contribution in [3.8, 4) is 0 Å². The number of fused-ring (bicyclic) bond motifs is 1. The lowest BCUT2D eigenvalue weighted by molar-refractivity contribution is -0.136. The quantitative estimate of drug-likeness (QED) is 0.788. The number of carboxylic acid groups (broad SMARTS) is 2. The number of carboxylic acids is 2. The summed E-state index contributed by atoms with van der Waals surface area (Å²) in [6.45, 7) is -0.405. The molecule has 17 heavy (non-hydrogen) atoms. The monoisotopic (exact) mass is 235 g/mol. The number of amides is 1. The highest BCUT2D eigenvalue weighted by Crippen LogP contribution is 2.29. The minimum absolute atomic E-state index is 0.0454. The predicted octanol–water partition coefficient (Wildman–Crippen LogP) is 0.358. The number of carbonyl (C=O) groups is 3. The highest BCUT2D eigenvalue weighted by Gasteiger charge is 2.29. The summed E-state index contributed by atoms with van der Waals surface area (Å²) >= 11 is 0. The third kappa shape index (κ3) is 1.96. The maximum atomic E-state index is 11.6. The Hall–Kier alpha value is -2.37. The topological polar surface area (TPSA) is 94.9 Å². The van der Waals surface area contributed by atoms with Crippen LogP contribution in [0.2, 0.25) is 0 Å². The molecule has 0 fully saturated rings. The Morgan fingerprint density at radius 2 is 2.00 bits per heavy atom. The molecule has 1 aromatic carbocycles. The van der Waals surface area contributed by atoms with Crippen LogP contribution in [0, 0.1) is 0 Å². The van der Waals surface area contributed by atoms with Gasteiger partial charge in [-0.05, 0) is 23.8 Å². The third-order valence-corrected chi connectivity index (χ3v) is 2.55. The van der Waals surface area contributed by atoms with Gasteiger partial charge in [-0.15, -0.1) is 0 Å².